The quantitative estimate of drug-likeness (QED) is 0.832. The zero-order valence-electron chi connectivity index (χ0n) is 9.98. The molecule has 0 aromatic heterocycles. The molecule has 0 saturated heterocycles. The molecule has 1 amide bonds. The van der Waals surface area contributed by atoms with Crippen molar-refractivity contribution in [3.63, 3.8) is 0 Å². The summed E-state index contributed by atoms with van der Waals surface area (Å²) in [6.45, 7) is 1.66. The average Bonchev–Trinajstić information content (AvgIpc) is 3.06. The second-order valence-corrected chi connectivity index (χ2v) is 4.48. The minimum atomic E-state index is -0.428. The third kappa shape index (κ3) is 3.29. The van der Waals surface area contributed by atoms with Gasteiger partial charge >= 0.3 is 5.97 Å². The Morgan fingerprint density at radius 3 is 2.56 bits per heavy atom. The van der Waals surface area contributed by atoms with E-state index in [0.717, 1.165) is 6.42 Å². The van der Waals surface area contributed by atoms with Crippen molar-refractivity contribution in [1.29, 1.82) is 0 Å². The van der Waals surface area contributed by atoms with Gasteiger partial charge in [0.05, 0.1) is 5.92 Å². The van der Waals surface area contributed by atoms with Crippen LogP contribution >= 0.6 is 0 Å². The summed E-state index contributed by atoms with van der Waals surface area (Å²) >= 11 is 0. The number of rotatable bonds is 4. The Morgan fingerprint density at radius 2 is 2.00 bits per heavy atom. The summed E-state index contributed by atoms with van der Waals surface area (Å²) in [5.74, 6) is -0.816. The molecule has 0 bridgehead atoms. The van der Waals surface area contributed by atoms with E-state index in [1.807, 2.05) is 6.92 Å². The van der Waals surface area contributed by atoms with Gasteiger partial charge in [-0.25, -0.2) is 4.39 Å². The van der Waals surface area contributed by atoms with Crippen molar-refractivity contribution < 1.29 is 18.7 Å². The maximum Gasteiger partial charge on any atom is 0.309 e. The van der Waals surface area contributed by atoms with Gasteiger partial charge in [0.25, 0.3) is 5.91 Å². The number of carbonyl (C=O) groups excluding carboxylic acids is 2. The summed E-state index contributed by atoms with van der Waals surface area (Å²) in [4.78, 5) is 22.8. The van der Waals surface area contributed by atoms with Gasteiger partial charge in [0.15, 0.2) is 6.61 Å². The number of carbonyl (C=O) groups is 2. The lowest BCUT2D eigenvalue weighted by atomic mass is 10.3. The van der Waals surface area contributed by atoms with Crippen LogP contribution in [-0.2, 0) is 14.3 Å². The van der Waals surface area contributed by atoms with E-state index in [9.17, 15) is 14.0 Å². The van der Waals surface area contributed by atoms with Gasteiger partial charge in [-0.05, 0) is 36.6 Å². The van der Waals surface area contributed by atoms with Crippen molar-refractivity contribution in [2.45, 2.75) is 13.3 Å². The number of nitrogens with one attached hydrogen (secondary N) is 1. The fourth-order valence-electron chi connectivity index (χ4n) is 1.62. The van der Waals surface area contributed by atoms with Gasteiger partial charge in [0.2, 0.25) is 0 Å². The van der Waals surface area contributed by atoms with E-state index in [1.54, 1.807) is 0 Å². The topological polar surface area (TPSA) is 55.4 Å². The molecule has 1 N–H and O–H groups in total. The van der Waals surface area contributed by atoms with E-state index in [0.29, 0.717) is 11.6 Å². The van der Waals surface area contributed by atoms with Crippen LogP contribution in [0.5, 0.6) is 0 Å². The molecule has 1 aliphatic rings. The van der Waals surface area contributed by atoms with E-state index in [2.05, 4.69) is 5.32 Å². The molecule has 1 aromatic rings. The second kappa shape index (κ2) is 5.16. The largest absolute Gasteiger partial charge is 0.455 e. The van der Waals surface area contributed by atoms with Crippen LogP contribution in [0.1, 0.15) is 13.3 Å². The molecule has 96 valence electrons. The monoisotopic (exact) mass is 251 g/mol. The molecule has 1 aromatic carbocycles. The van der Waals surface area contributed by atoms with Crippen LogP contribution in [0.3, 0.4) is 0 Å². The molecule has 0 spiro atoms. The maximum atomic E-state index is 12.6. The Morgan fingerprint density at radius 1 is 1.39 bits per heavy atom. The Bertz CT molecular complexity index is 458. The lowest BCUT2D eigenvalue weighted by Gasteiger charge is -2.06. The van der Waals surface area contributed by atoms with Crippen LogP contribution in [0, 0.1) is 17.7 Å². The molecule has 1 fully saturated rings. The summed E-state index contributed by atoms with van der Waals surface area (Å²) < 4.78 is 17.5. The summed E-state index contributed by atoms with van der Waals surface area (Å²) in [5, 5.41) is 2.51. The molecule has 0 radical (unpaired) electrons. The Hall–Kier alpha value is -1.91. The highest BCUT2D eigenvalue weighted by atomic mass is 19.1. The number of hydrogen-bond acceptors (Lipinski definition) is 3. The van der Waals surface area contributed by atoms with Crippen molar-refractivity contribution >= 4 is 17.6 Å². The predicted octanol–water partition coefficient (Wildman–Crippen LogP) is 1.96. The van der Waals surface area contributed by atoms with Crippen molar-refractivity contribution in [2.75, 3.05) is 11.9 Å². The SMILES string of the molecule is C[C@@H]1C[C@H]1C(=O)OCC(=O)Nc1ccc(F)cc1. The van der Waals surface area contributed by atoms with Crippen LogP contribution in [0.15, 0.2) is 24.3 Å². The normalized spacial score (nSPS) is 21.2. The van der Waals surface area contributed by atoms with Gasteiger partial charge in [-0.3, -0.25) is 9.59 Å². The molecule has 0 heterocycles. The first-order chi connectivity index (χ1) is 8.56. The predicted molar refractivity (Wildman–Crippen MR) is 63.3 cm³/mol. The molecule has 2 atom stereocenters. The highest BCUT2D eigenvalue weighted by Gasteiger charge is 2.40. The van der Waals surface area contributed by atoms with Crippen molar-refractivity contribution in [3.05, 3.63) is 30.1 Å². The molecule has 0 unspecified atom stereocenters. The fraction of sp³-hybridized carbons (Fsp3) is 0.385. The smallest absolute Gasteiger partial charge is 0.309 e. The number of amides is 1. The minimum Gasteiger partial charge on any atom is -0.455 e. The summed E-state index contributed by atoms with van der Waals surface area (Å²) in [6.07, 6.45) is 0.832. The number of anilines is 1. The Balaban J connectivity index is 1.75. The van der Waals surface area contributed by atoms with E-state index in [4.69, 9.17) is 4.74 Å². The molecular weight excluding hydrogens is 237 g/mol. The molecule has 1 saturated carbocycles. The summed E-state index contributed by atoms with van der Waals surface area (Å²) in [6, 6.07) is 5.37. The van der Waals surface area contributed by atoms with E-state index >= 15 is 0 Å². The molecule has 5 heteroatoms. The van der Waals surface area contributed by atoms with Gasteiger partial charge in [-0.15, -0.1) is 0 Å². The minimum absolute atomic E-state index is 0.0522. The molecule has 0 aliphatic heterocycles. The third-order valence-electron chi connectivity index (χ3n) is 2.89. The number of halogens is 1. The Labute approximate surface area is 104 Å². The standard InChI is InChI=1S/C13H14FNO3/c1-8-6-11(8)13(17)18-7-12(16)15-10-4-2-9(14)3-5-10/h2-5,8,11H,6-7H2,1H3,(H,15,16)/t8-,11-/m1/s1. The second-order valence-electron chi connectivity index (χ2n) is 4.48. The lowest BCUT2D eigenvalue weighted by molar-refractivity contribution is -0.148. The lowest BCUT2D eigenvalue weighted by Crippen LogP contribution is -2.21. The van der Waals surface area contributed by atoms with Gasteiger partial charge in [0, 0.05) is 5.69 Å². The van der Waals surface area contributed by atoms with Crippen molar-refractivity contribution in [3.8, 4) is 0 Å². The summed E-state index contributed by atoms with van der Waals surface area (Å²) in [5.41, 5.74) is 0.470. The molecule has 4 nitrogen and oxygen atoms in total. The fourth-order valence-corrected chi connectivity index (χ4v) is 1.62. The van der Waals surface area contributed by atoms with Crippen LogP contribution in [0.2, 0.25) is 0 Å². The van der Waals surface area contributed by atoms with E-state index in [1.165, 1.54) is 24.3 Å². The van der Waals surface area contributed by atoms with E-state index < -0.39 is 5.91 Å². The summed E-state index contributed by atoms with van der Waals surface area (Å²) in [7, 11) is 0. The van der Waals surface area contributed by atoms with Crippen molar-refractivity contribution in [2.24, 2.45) is 11.8 Å². The first-order valence-corrected chi connectivity index (χ1v) is 5.78. The zero-order chi connectivity index (χ0) is 13.1. The van der Waals surface area contributed by atoms with Gasteiger partial charge in [-0.1, -0.05) is 6.92 Å². The maximum absolute atomic E-state index is 12.6. The van der Waals surface area contributed by atoms with Crippen LogP contribution < -0.4 is 5.32 Å². The average molecular weight is 251 g/mol. The van der Waals surface area contributed by atoms with Gasteiger partial charge in [0.1, 0.15) is 5.82 Å². The van der Waals surface area contributed by atoms with E-state index in [-0.39, 0.29) is 24.3 Å². The first kappa shape index (κ1) is 12.5. The van der Waals surface area contributed by atoms with Crippen LogP contribution in [0.4, 0.5) is 10.1 Å². The highest BCUT2D eigenvalue weighted by molar-refractivity contribution is 5.93. The number of esters is 1. The number of hydrogen-bond donors (Lipinski definition) is 1. The van der Waals surface area contributed by atoms with Crippen LogP contribution in [-0.4, -0.2) is 18.5 Å². The first-order valence-electron chi connectivity index (χ1n) is 5.78. The molecule has 2 rings (SSSR count). The number of ether oxygens (including phenoxy) is 1. The van der Waals surface area contributed by atoms with Crippen molar-refractivity contribution in [1.82, 2.24) is 0 Å². The highest BCUT2D eigenvalue weighted by Crippen LogP contribution is 2.38. The van der Waals surface area contributed by atoms with Gasteiger partial charge in [-0.2, -0.15) is 0 Å². The van der Waals surface area contributed by atoms with Gasteiger partial charge < -0.3 is 10.1 Å². The molecule has 18 heavy (non-hydrogen) atoms. The third-order valence-corrected chi connectivity index (χ3v) is 2.89. The zero-order valence-corrected chi connectivity index (χ0v) is 9.98. The Kier molecular flexibility index (Phi) is 3.60. The molecule has 1 aliphatic carbocycles. The number of benzene rings is 1. The van der Waals surface area contributed by atoms with Crippen LogP contribution in [0.25, 0.3) is 0 Å². The molecular formula is C13H14FNO3.